The van der Waals surface area contributed by atoms with Gasteiger partial charge in [0.2, 0.25) is 0 Å². The van der Waals surface area contributed by atoms with Crippen LogP contribution in [0.15, 0.2) is 35.5 Å². The van der Waals surface area contributed by atoms with E-state index in [1.54, 1.807) is 13.1 Å². The van der Waals surface area contributed by atoms with Gasteiger partial charge in [0.1, 0.15) is 0 Å². The maximum atomic E-state index is 12.7. The molecule has 0 aliphatic carbocycles. The zero-order valence-electron chi connectivity index (χ0n) is 16.8. The first-order chi connectivity index (χ1) is 13.8. The van der Waals surface area contributed by atoms with Crippen molar-refractivity contribution in [2.45, 2.75) is 43.8 Å². The van der Waals surface area contributed by atoms with Crippen molar-refractivity contribution in [2.75, 3.05) is 19.4 Å². The van der Waals surface area contributed by atoms with Crippen LogP contribution in [0.4, 0.5) is 0 Å². The first kappa shape index (κ1) is 21.4. The molecule has 0 radical (unpaired) electrons. The topological polar surface area (TPSA) is 112 Å². The van der Waals surface area contributed by atoms with Crippen molar-refractivity contribution in [2.24, 2.45) is 0 Å². The molecule has 2 N–H and O–H groups in total. The number of aliphatic hydroxyl groups is 1. The van der Waals surface area contributed by atoms with Gasteiger partial charge < -0.3 is 10.4 Å². The molecular formula is C20H26N4O4S. The quantitative estimate of drug-likeness (QED) is 0.703. The summed E-state index contributed by atoms with van der Waals surface area (Å²) in [7, 11) is -1.32. The number of aromatic nitrogens is 2. The number of aliphatic hydroxyl groups excluding tert-OH is 1. The van der Waals surface area contributed by atoms with Crippen molar-refractivity contribution >= 4 is 15.7 Å². The number of hydrogen-bond donors (Lipinski definition) is 2. The second-order valence-corrected chi connectivity index (χ2v) is 9.42. The van der Waals surface area contributed by atoms with Crippen molar-refractivity contribution in [1.29, 1.82) is 0 Å². The molecule has 1 aliphatic rings. The smallest absolute Gasteiger partial charge is 0.253 e. The number of nitrogens with one attached hydrogen (secondary N) is 1. The van der Waals surface area contributed by atoms with Crippen LogP contribution in [0.1, 0.15) is 59.7 Å². The van der Waals surface area contributed by atoms with E-state index in [1.165, 1.54) is 18.3 Å². The number of amides is 1. The lowest BCUT2D eigenvalue weighted by atomic mass is 10.1. The predicted molar refractivity (Wildman–Crippen MR) is 108 cm³/mol. The Labute approximate surface area is 170 Å². The van der Waals surface area contributed by atoms with Crippen LogP contribution in [-0.2, 0) is 16.4 Å². The lowest BCUT2D eigenvalue weighted by Crippen LogP contribution is -2.31. The molecule has 2 aromatic rings. The minimum Gasteiger partial charge on any atom is -0.394 e. The zero-order valence-corrected chi connectivity index (χ0v) is 17.6. The number of hydrogen-bond acceptors (Lipinski definition) is 7. The molecule has 3 rings (SSSR count). The Bertz CT molecular complexity index is 992. The summed E-state index contributed by atoms with van der Waals surface area (Å²) in [4.78, 5) is 23.6. The van der Waals surface area contributed by atoms with E-state index in [1.807, 2.05) is 13.1 Å². The van der Waals surface area contributed by atoms with Crippen LogP contribution in [0.25, 0.3) is 0 Å². The number of fused-ring (bicyclic) bond motifs is 1. The van der Waals surface area contributed by atoms with Crippen molar-refractivity contribution in [3.8, 4) is 0 Å². The highest BCUT2D eigenvalue weighted by Gasteiger charge is 2.28. The third-order valence-electron chi connectivity index (χ3n) is 5.26. The van der Waals surface area contributed by atoms with Gasteiger partial charge in [-0.15, -0.1) is 0 Å². The Morgan fingerprint density at radius 2 is 2.07 bits per heavy atom. The number of carbonyl (C=O) groups is 1. The Hall–Kier alpha value is -2.36. The Morgan fingerprint density at radius 1 is 1.31 bits per heavy atom. The van der Waals surface area contributed by atoms with Gasteiger partial charge in [0, 0.05) is 18.9 Å². The molecule has 1 aliphatic heterocycles. The maximum Gasteiger partial charge on any atom is 0.253 e. The number of pyridine rings is 2. The molecule has 8 nitrogen and oxygen atoms in total. The molecule has 9 heteroatoms. The van der Waals surface area contributed by atoms with Gasteiger partial charge in [0.05, 0.1) is 46.3 Å². The standard InChI is InChI=1S/C20H26N4O4S/c1-4-18-19-14(11-24(18)3)8-13(9-22-19)20(26)23-17(12-25)16-7-6-15(10-21-16)29(27,28)5-2/h6-10,17-18,25H,4-5,11-12H2,1-3H3,(H,23,26)/t17-,18+/m0/s1. The molecular weight excluding hydrogens is 392 g/mol. The first-order valence-corrected chi connectivity index (χ1v) is 11.2. The van der Waals surface area contributed by atoms with Gasteiger partial charge in [-0.1, -0.05) is 13.8 Å². The van der Waals surface area contributed by atoms with Gasteiger partial charge in [-0.2, -0.15) is 0 Å². The van der Waals surface area contributed by atoms with Crippen molar-refractivity contribution < 1.29 is 18.3 Å². The highest BCUT2D eigenvalue weighted by Crippen LogP contribution is 2.33. The summed E-state index contributed by atoms with van der Waals surface area (Å²) in [6, 6.07) is 4.29. The number of carbonyl (C=O) groups excluding carboxylic acids is 1. The van der Waals surface area contributed by atoms with Crippen molar-refractivity contribution in [1.82, 2.24) is 20.2 Å². The molecule has 2 atom stereocenters. The summed E-state index contributed by atoms with van der Waals surface area (Å²) in [5, 5.41) is 12.5. The molecule has 0 fully saturated rings. The van der Waals surface area contributed by atoms with E-state index in [0.717, 1.165) is 24.2 Å². The Balaban J connectivity index is 1.76. The molecule has 0 bridgehead atoms. The fourth-order valence-electron chi connectivity index (χ4n) is 3.57. The molecule has 3 heterocycles. The largest absolute Gasteiger partial charge is 0.394 e. The summed E-state index contributed by atoms with van der Waals surface area (Å²) >= 11 is 0. The SMILES string of the molecule is CC[C@@H]1c2ncc(C(=O)N[C@@H](CO)c3ccc(S(=O)(=O)CC)cn3)cc2CN1C. The minimum atomic E-state index is -3.36. The molecule has 29 heavy (non-hydrogen) atoms. The summed E-state index contributed by atoms with van der Waals surface area (Å²) < 4.78 is 23.8. The summed E-state index contributed by atoms with van der Waals surface area (Å²) in [6.07, 6.45) is 3.75. The van der Waals surface area contributed by atoms with Gasteiger partial charge in [0.15, 0.2) is 9.84 Å². The first-order valence-electron chi connectivity index (χ1n) is 9.60. The summed E-state index contributed by atoms with van der Waals surface area (Å²) in [5.74, 6) is -0.387. The monoisotopic (exact) mass is 418 g/mol. The molecule has 0 aromatic carbocycles. The second kappa shape index (κ2) is 8.56. The van der Waals surface area contributed by atoms with Crippen LogP contribution in [0.2, 0.25) is 0 Å². The van der Waals surface area contributed by atoms with E-state index in [4.69, 9.17) is 0 Å². The summed E-state index contributed by atoms with van der Waals surface area (Å²) in [5.41, 5.74) is 2.83. The number of rotatable bonds is 7. The van der Waals surface area contributed by atoms with Crippen molar-refractivity contribution in [3.05, 3.63) is 53.1 Å². The fourth-order valence-corrected chi connectivity index (χ4v) is 4.39. The van der Waals surface area contributed by atoms with Gasteiger partial charge in [-0.3, -0.25) is 19.7 Å². The number of sulfone groups is 1. The van der Waals surface area contributed by atoms with E-state index in [-0.39, 0.29) is 29.2 Å². The molecule has 0 saturated carbocycles. The van der Waals surface area contributed by atoms with E-state index in [0.29, 0.717) is 11.3 Å². The third-order valence-corrected chi connectivity index (χ3v) is 6.98. The lowest BCUT2D eigenvalue weighted by Gasteiger charge is -2.17. The van der Waals surface area contributed by atoms with Crippen LogP contribution in [0.3, 0.4) is 0 Å². The van der Waals surface area contributed by atoms with E-state index >= 15 is 0 Å². The van der Waals surface area contributed by atoms with Crippen LogP contribution >= 0.6 is 0 Å². The Morgan fingerprint density at radius 3 is 2.66 bits per heavy atom. The molecule has 0 saturated heterocycles. The highest BCUT2D eigenvalue weighted by molar-refractivity contribution is 7.91. The molecule has 0 unspecified atom stereocenters. The van der Waals surface area contributed by atoms with E-state index in [9.17, 15) is 18.3 Å². The average molecular weight is 419 g/mol. The fraction of sp³-hybridized carbons (Fsp3) is 0.450. The number of nitrogens with zero attached hydrogens (tertiary/aromatic N) is 3. The van der Waals surface area contributed by atoms with Crippen molar-refractivity contribution in [3.63, 3.8) is 0 Å². The minimum absolute atomic E-state index is 0.0202. The predicted octanol–water partition coefficient (Wildman–Crippen LogP) is 1.63. The lowest BCUT2D eigenvalue weighted by molar-refractivity contribution is 0.0914. The van der Waals surface area contributed by atoms with Gasteiger partial charge in [-0.25, -0.2) is 8.42 Å². The second-order valence-electron chi connectivity index (χ2n) is 7.14. The van der Waals surface area contributed by atoms with Gasteiger partial charge in [0.25, 0.3) is 5.91 Å². The Kier molecular flexibility index (Phi) is 6.30. The normalized spacial score (nSPS) is 17.7. The van der Waals surface area contributed by atoms with Gasteiger partial charge >= 0.3 is 0 Å². The molecule has 156 valence electrons. The van der Waals surface area contributed by atoms with Gasteiger partial charge in [-0.05, 0) is 37.2 Å². The molecule has 1 amide bonds. The highest BCUT2D eigenvalue weighted by atomic mass is 32.2. The van der Waals surface area contributed by atoms with E-state index < -0.39 is 15.9 Å². The average Bonchev–Trinajstić information content (AvgIpc) is 3.05. The maximum absolute atomic E-state index is 12.7. The zero-order chi connectivity index (χ0) is 21.2. The van der Waals surface area contributed by atoms with Crippen LogP contribution in [0.5, 0.6) is 0 Å². The third kappa shape index (κ3) is 4.31. The summed E-state index contributed by atoms with van der Waals surface area (Å²) in [6.45, 7) is 4.04. The molecule has 0 spiro atoms. The van der Waals surface area contributed by atoms with Crippen LogP contribution in [-0.4, -0.2) is 53.7 Å². The van der Waals surface area contributed by atoms with Crippen LogP contribution < -0.4 is 5.32 Å². The van der Waals surface area contributed by atoms with Crippen LogP contribution in [0, 0.1) is 0 Å². The van der Waals surface area contributed by atoms with E-state index in [2.05, 4.69) is 27.1 Å². The molecule has 2 aromatic heterocycles.